The zero-order valence-corrected chi connectivity index (χ0v) is 13.7. The van der Waals surface area contributed by atoms with Gasteiger partial charge in [-0.1, -0.05) is 19.8 Å². The van der Waals surface area contributed by atoms with Gasteiger partial charge in [0.1, 0.15) is 9.84 Å². The second-order valence-electron chi connectivity index (χ2n) is 7.68. The highest BCUT2D eigenvalue weighted by atomic mass is 32.2. The molecule has 0 amide bonds. The monoisotopic (exact) mass is 298 g/mol. The normalized spacial score (nSPS) is 39.4. The molecule has 4 aliphatic carbocycles. The van der Waals surface area contributed by atoms with E-state index in [9.17, 15) is 8.42 Å². The first-order chi connectivity index (χ1) is 9.57. The molecule has 0 N–H and O–H groups in total. The van der Waals surface area contributed by atoms with Gasteiger partial charge in [-0.05, 0) is 74.5 Å². The van der Waals surface area contributed by atoms with Crippen molar-refractivity contribution in [3.8, 4) is 0 Å². The Kier molecular flexibility index (Phi) is 4.45. The lowest BCUT2D eigenvalue weighted by Gasteiger charge is -2.54. The van der Waals surface area contributed by atoms with Crippen LogP contribution in [0.25, 0.3) is 0 Å². The van der Waals surface area contributed by atoms with E-state index in [1.807, 2.05) is 0 Å². The molecule has 0 aromatic carbocycles. The lowest BCUT2D eigenvalue weighted by atomic mass is 9.51. The van der Waals surface area contributed by atoms with Crippen LogP contribution in [0.3, 0.4) is 0 Å². The molecule has 0 spiro atoms. The van der Waals surface area contributed by atoms with Gasteiger partial charge >= 0.3 is 0 Å². The summed E-state index contributed by atoms with van der Waals surface area (Å²) in [7, 11) is -2.74. The fourth-order valence-electron chi connectivity index (χ4n) is 5.53. The molecule has 4 rings (SSSR count). The molecular formula is C17H30O2S. The highest BCUT2D eigenvalue weighted by molar-refractivity contribution is 7.91. The first-order valence-corrected chi connectivity index (χ1v) is 10.6. The van der Waals surface area contributed by atoms with E-state index in [2.05, 4.69) is 0 Å². The fourth-order valence-corrected chi connectivity index (χ4v) is 6.47. The molecule has 0 unspecified atom stereocenters. The van der Waals surface area contributed by atoms with Crippen LogP contribution in [0, 0.1) is 29.6 Å². The maximum absolute atomic E-state index is 11.5. The molecule has 116 valence electrons. The summed E-state index contributed by atoms with van der Waals surface area (Å²) in [6.07, 6.45) is 12.2. The summed E-state index contributed by atoms with van der Waals surface area (Å²) in [5.74, 6) is 5.92. The van der Waals surface area contributed by atoms with Crippen LogP contribution in [0.2, 0.25) is 0 Å². The quantitative estimate of drug-likeness (QED) is 0.664. The van der Waals surface area contributed by atoms with Crippen molar-refractivity contribution in [3.05, 3.63) is 0 Å². The number of hydrogen-bond donors (Lipinski definition) is 0. The molecule has 4 aliphatic rings. The Bertz CT molecular complexity index is 398. The molecule has 0 saturated heterocycles. The summed E-state index contributed by atoms with van der Waals surface area (Å²) in [6, 6.07) is 0. The molecule has 0 heterocycles. The third kappa shape index (κ3) is 3.23. The summed E-state index contributed by atoms with van der Waals surface area (Å²) in [6.45, 7) is 1.75. The minimum absolute atomic E-state index is 0.308. The van der Waals surface area contributed by atoms with Gasteiger partial charge in [0, 0.05) is 5.75 Å². The van der Waals surface area contributed by atoms with Crippen LogP contribution in [-0.2, 0) is 9.84 Å². The van der Waals surface area contributed by atoms with Crippen molar-refractivity contribution in [2.75, 3.05) is 11.5 Å². The van der Waals surface area contributed by atoms with E-state index in [4.69, 9.17) is 0 Å². The largest absolute Gasteiger partial charge is 0.229 e. The molecule has 2 nitrogen and oxygen atoms in total. The third-order valence-electron chi connectivity index (χ3n) is 6.35. The Balaban J connectivity index is 1.39. The topological polar surface area (TPSA) is 34.1 Å². The molecule has 20 heavy (non-hydrogen) atoms. The van der Waals surface area contributed by atoms with E-state index in [1.165, 1.54) is 44.9 Å². The Morgan fingerprint density at radius 1 is 0.850 bits per heavy atom. The average molecular weight is 298 g/mol. The maximum Gasteiger partial charge on any atom is 0.150 e. The zero-order chi connectivity index (χ0) is 14.2. The molecule has 0 atom stereocenters. The van der Waals surface area contributed by atoms with Gasteiger partial charge in [0.05, 0.1) is 5.75 Å². The van der Waals surface area contributed by atoms with Crippen molar-refractivity contribution in [2.24, 2.45) is 29.6 Å². The third-order valence-corrected chi connectivity index (χ3v) is 8.14. The molecule has 3 heteroatoms. The standard InChI is InChI=1S/C17H30O2S/c1-2-20(18,19)7-5-3-4-6-17-15-9-13-8-14(11-15)12-16(17)10-13/h13-17H,2-12H2,1H3. The van der Waals surface area contributed by atoms with Crippen molar-refractivity contribution in [3.63, 3.8) is 0 Å². The van der Waals surface area contributed by atoms with E-state index >= 15 is 0 Å². The minimum atomic E-state index is -2.74. The van der Waals surface area contributed by atoms with Gasteiger partial charge < -0.3 is 0 Å². The Labute approximate surface area is 124 Å². The van der Waals surface area contributed by atoms with Crippen LogP contribution in [0.4, 0.5) is 0 Å². The second kappa shape index (κ2) is 5.98. The summed E-state index contributed by atoms with van der Waals surface area (Å²) < 4.78 is 22.9. The van der Waals surface area contributed by atoms with Gasteiger partial charge in [-0.2, -0.15) is 0 Å². The predicted molar refractivity (Wildman–Crippen MR) is 83.3 cm³/mol. The number of rotatable bonds is 7. The molecule has 0 aliphatic heterocycles. The summed E-state index contributed by atoms with van der Waals surface area (Å²) in [5, 5.41) is 0. The molecule has 4 fully saturated rings. The van der Waals surface area contributed by atoms with Crippen molar-refractivity contribution >= 4 is 9.84 Å². The average Bonchev–Trinajstić information content (AvgIpc) is 2.40. The maximum atomic E-state index is 11.5. The zero-order valence-electron chi connectivity index (χ0n) is 12.9. The molecule has 0 aromatic rings. The first-order valence-electron chi connectivity index (χ1n) is 8.78. The molecular weight excluding hydrogens is 268 g/mol. The fraction of sp³-hybridized carbons (Fsp3) is 1.00. The van der Waals surface area contributed by atoms with Gasteiger partial charge in [0.15, 0.2) is 0 Å². The highest BCUT2D eigenvalue weighted by Gasteiger charge is 2.47. The predicted octanol–water partition coefficient (Wildman–Crippen LogP) is 4.05. The summed E-state index contributed by atoms with van der Waals surface area (Å²) >= 11 is 0. The van der Waals surface area contributed by atoms with Gasteiger partial charge in [-0.25, -0.2) is 8.42 Å². The Morgan fingerprint density at radius 3 is 2.00 bits per heavy atom. The van der Waals surface area contributed by atoms with E-state index in [0.29, 0.717) is 11.5 Å². The van der Waals surface area contributed by atoms with E-state index in [0.717, 1.165) is 42.4 Å². The number of unbranched alkanes of at least 4 members (excludes halogenated alkanes) is 2. The van der Waals surface area contributed by atoms with Gasteiger partial charge in [0.25, 0.3) is 0 Å². The van der Waals surface area contributed by atoms with E-state index in [1.54, 1.807) is 6.92 Å². The summed E-state index contributed by atoms with van der Waals surface area (Å²) in [4.78, 5) is 0. The van der Waals surface area contributed by atoms with Crippen LogP contribution in [0.1, 0.15) is 64.7 Å². The van der Waals surface area contributed by atoms with Crippen molar-refractivity contribution in [2.45, 2.75) is 64.7 Å². The second-order valence-corrected chi connectivity index (χ2v) is 10.2. The highest BCUT2D eigenvalue weighted by Crippen LogP contribution is 2.57. The minimum Gasteiger partial charge on any atom is -0.229 e. The van der Waals surface area contributed by atoms with Crippen LogP contribution in [0.5, 0.6) is 0 Å². The molecule has 0 radical (unpaired) electrons. The van der Waals surface area contributed by atoms with Gasteiger partial charge in [-0.3, -0.25) is 0 Å². The van der Waals surface area contributed by atoms with Crippen LogP contribution < -0.4 is 0 Å². The lowest BCUT2D eigenvalue weighted by Crippen LogP contribution is -2.44. The number of sulfone groups is 1. The van der Waals surface area contributed by atoms with Crippen molar-refractivity contribution in [1.82, 2.24) is 0 Å². The van der Waals surface area contributed by atoms with Gasteiger partial charge in [0.2, 0.25) is 0 Å². The van der Waals surface area contributed by atoms with E-state index in [-0.39, 0.29) is 0 Å². The first kappa shape index (κ1) is 14.9. The van der Waals surface area contributed by atoms with E-state index < -0.39 is 9.84 Å². The number of hydrogen-bond acceptors (Lipinski definition) is 2. The van der Waals surface area contributed by atoms with Crippen LogP contribution in [-0.4, -0.2) is 19.9 Å². The SMILES string of the molecule is CCS(=O)(=O)CCCCCC1C2CC3CC(C2)CC1C3. The van der Waals surface area contributed by atoms with Gasteiger partial charge in [-0.15, -0.1) is 0 Å². The Morgan fingerprint density at radius 2 is 1.45 bits per heavy atom. The summed E-state index contributed by atoms with van der Waals surface area (Å²) in [5.41, 5.74) is 0. The smallest absolute Gasteiger partial charge is 0.150 e. The molecule has 4 saturated carbocycles. The molecule has 4 bridgehead atoms. The molecule has 0 aromatic heterocycles. The van der Waals surface area contributed by atoms with Crippen molar-refractivity contribution in [1.29, 1.82) is 0 Å². The lowest BCUT2D eigenvalue weighted by molar-refractivity contribution is -0.0404. The van der Waals surface area contributed by atoms with Crippen molar-refractivity contribution < 1.29 is 8.42 Å². The van der Waals surface area contributed by atoms with Crippen LogP contribution in [0.15, 0.2) is 0 Å². The Hall–Kier alpha value is -0.0500. The van der Waals surface area contributed by atoms with Crippen LogP contribution >= 0.6 is 0 Å².